The van der Waals surface area contributed by atoms with Crippen LogP contribution in [0.25, 0.3) is 0 Å². The fourth-order valence-electron chi connectivity index (χ4n) is 6.19. The standard InChI is InChI=1S/C32H29F9N2O6S/c33-22-8-10-24(11-9-22)50(46,47)29(12-13-43(19-29)28(45)42-14-15-48-23(16-42)17-44)20-4-6-21(7-5-20)30(31(36,37)38,32(39,40)41)49-18-25-26(34)2-1-3-27(25)35/h1-11,23,44H,12-19H2. The SMILES string of the molecule is O=C(N1CCOC(CO)C1)N1CCC(c2ccc(C(OCc3c(F)cccc3F)(C(F)(F)F)C(F)(F)F)cc2)(S(=O)(=O)c2ccc(F)cc2)C1. The van der Waals surface area contributed by atoms with E-state index in [1.807, 2.05) is 0 Å². The smallest absolute Gasteiger partial charge is 0.394 e. The van der Waals surface area contributed by atoms with Gasteiger partial charge in [0, 0.05) is 30.8 Å². The van der Waals surface area contributed by atoms with Crippen molar-refractivity contribution in [2.45, 2.75) is 46.7 Å². The molecule has 0 aromatic heterocycles. The van der Waals surface area contributed by atoms with Crippen LogP contribution >= 0.6 is 0 Å². The second kappa shape index (κ2) is 13.7. The Labute approximate surface area is 279 Å². The van der Waals surface area contributed by atoms with E-state index in [2.05, 4.69) is 4.74 Å². The lowest BCUT2D eigenvalue weighted by Gasteiger charge is -2.38. The van der Waals surface area contributed by atoms with Gasteiger partial charge in [0.15, 0.2) is 9.84 Å². The Bertz CT molecular complexity index is 1770. The van der Waals surface area contributed by atoms with Crippen molar-refractivity contribution in [1.29, 1.82) is 0 Å². The number of ether oxygens (including phenoxy) is 2. The molecule has 5 rings (SSSR count). The topological polar surface area (TPSA) is 96.4 Å². The Hall–Kier alpha value is -3.87. The van der Waals surface area contributed by atoms with E-state index in [4.69, 9.17) is 4.74 Å². The van der Waals surface area contributed by atoms with E-state index >= 15 is 0 Å². The normalized spacial score (nSPS) is 20.7. The van der Waals surface area contributed by atoms with Gasteiger partial charge in [0.2, 0.25) is 0 Å². The van der Waals surface area contributed by atoms with E-state index in [9.17, 15) is 57.8 Å². The summed E-state index contributed by atoms with van der Waals surface area (Å²) >= 11 is 0. The number of carbonyl (C=O) groups is 1. The third-order valence-corrected chi connectivity index (χ3v) is 11.4. The highest BCUT2D eigenvalue weighted by Gasteiger charge is 2.73. The molecule has 3 aromatic carbocycles. The van der Waals surface area contributed by atoms with Gasteiger partial charge >= 0.3 is 18.4 Å². The molecule has 2 unspecified atom stereocenters. The van der Waals surface area contributed by atoms with Crippen LogP contribution in [0.2, 0.25) is 0 Å². The molecule has 8 nitrogen and oxygen atoms in total. The summed E-state index contributed by atoms with van der Waals surface area (Å²) in [6, 6.07) is 7.18. The number of benzene rings is 3. The molecule has 2 aliphatic heterocycles. The summed E-state index contributed by atoms with van der Waals surface area (Å²) in [5, 5.41) is 9.47. The first kappa shape index (κ1) is 37.4. The van der Waals surface area contributed by atoms with Crippen LogP contribution in [0, 0.1) is 17.5 Å². The number of carbonyl (C=O) groups excluding carboxylic acids is 1. The molecule has 2 fully saturated rings. The zero-order valence-electron chi connectivity index (χ0n) is 25.8. The number of aliphatic hydroxyl groups is 1. The van der Waals surface area contributed by atoms with E-state index < -0.39 is 97.9 Å². The minimum absolute atomic E-state index is 0.0357. The zero-order valence-corrected chi connectivity index (χ0v) is 26.6. The summed E-state index contributed by atoms with van der Waals surface area (Å²) in [6.07, 6.45) is -13.6. The molecule has 2 atom stereocenters. The minimum Gasteiger partial charge on any atom is -0.394 e. The summed E-state index contributed by atoms with van der Waals surface area (Å²) in [6.45, 7) is -2.88. The zero-order chi connectivity index (χ0) is 36.7. The van der Waals surface area contributed by atoms with Crippen molar-refractivity contribution in [3.63, 3.8) is 0 Å². The van der Waals surface area contributed by atoms with Gasteiger partial charge in [-0.15, -0.1) is 0 Å². The molecule has 0 bridgehead atoms. The molecule has 1 N–H and O–H groups in total. The highest BCUT2D eigenvalue weighted by molar-refractivity contribution is 7.92. The number of hydrogen-bond acceptors (Lipinski definition) is 6. The van der Waals surface area contributed by atoms with Crippen LogP contribution in [0.4, 0.5) is 44.3 Å². The van der Waals surface area contributed by atoms with E-state index in [1.165, 1.54) is 4.90 Å². The monoisotopic (exact) mass is 740 g/mol. The Morgan fingerprint density at radius 3 is 2.04 bits per heavy atom. The van der Waals surface area contributed by atoms with Crippen LogP contribution < -0.4 is 0 Å². The van der Waals surface area contributed by atoms with Crippen molar-refractivity contribution in [3.8, 4) is 0 Å². The molecule has 3 aromatic rings. The quantitative estimate of drug-likeness (QED) is 0.231. The highest BCUT2D eigenvalue weighted by atomic mass is 32.2. The number of nitrogens with zero attached hydrogens (tertiary/aromatic N) is 2. The molecule has 50 heavy (non-hydrogen) atoms. The Morgan fingerprint density at radius 1 is 0.880 bits per heavy atom. The maximum Gasteiger partial charge on any atom is 0.430 e. The number of urea groups is 1. The van der Waals surface area contributed by atoms with E-state index in [0.29, 0.717) is 24.3 Å². The van der Waals surface area contributed by atoms with Gasteiger partial charge in [-0.2, -0.15) is 26.3 Å². The predicted octanol–water partition coefficient (Wildman–Crippen LogP) is 5.83. The second-order valence-electron chi connectivity index (χ2n) is 11.8. The summed E-state index contributed by atoms with van der Waals surface area (Å²) in [4.78, 5) is 15.5. The summed E-state index contributed by atoms with van der Waals surface area (Å²) < 4.78 is 165. The lowest BCUT2D eigenvalue weighted by molar-refractivity contribution is -0.392. The molecule has 0 aliphatic carbocycles. The molecule has 0 radical (unpaired) electrons. The number of morpholine rings is 1. The summed E-state index contributed by atoms with van der Waals surface area (Å²) in [5.74, 6) is -3.69. The van der Waals surface area contributed by atoms with Gasteiger partial charge in [0.1, 0.15) is 22.2 Å². The first-order chi connectivity index (χ1) is 23.4. The third kappa shape index (κ3) is 6.53. The van der Waals surface area contributed by atoms with Crippen molar-refractivity contribution in [1.82, 2.24) is 9.80 Å². The number of likely N-dealkylation sites (tertiary alicyclic amines) is 1. The predicted molar refractivity (Wildman–Crippen MR) is 157 cm³/mol. The molecule has 272 valence electrons. The lowest BCUT2D eigenvalue weighted by atomic mass is 9.88. The largest absolute Gasteiger partial charge is 0.430 e. The number of rotatable bonds is 8. The molecule has 2 heterocycles. The number of amides is 2. The molecular formula is C32H29F9N2O6S. The average Bonchev–Trinajstić information content (AvgIpc) is 3.52. The molecule has 2 saturated heterocycles. The van der Waals surface area contributed by atoms with E-state index in [0.717, 1.165) is 47.4 Å². The maximum absolute atomic E-state index is 14.5. The van der Waals surface area contributed by atoms with Gasteiger partial charge in [-0.25, -0.2) is 26.4 Å². The third-order valence-electron chi connectivity index (χ3n) is 8.86. The first-order valence-corrected chi connectivity index (χ1v) is 16.4. The molecular weight excluding hydrogens is 711 g/mol. The van der Waals surface area contributed by atoms with Gasteiger partial charge < -0.3 is 24.4 Å². The minimum atomic E-state index is -6.24. The Balaban J connectivity index is 1.58. The van der Waals surface area contributed by atoms with E-state index in [1.54, 1.807) is 0 Å². The lowest BCUT2D eigenvalue weighted by Crippen LogP contribution is -2.56. The van der Waals surface area contributed by atoms with Crippen LogP contribution in [0.15, 0.2) is 71.6 Å². The number of sulfone groups is 1. The highest BCUT2D eigenvalue weighted by Crippen LogP contribution is 2.54. The fraction of sp³-hybridized carbons (Fsp3) is 0.406. The summed E-state index contributed by atoms with van der Waals surface area (Å²) in [5.41, 5.74) is -8.17. The number of alkyl halides is 6. The van der Waals surface area contributed by atoms with Crippen molar-refractivity contribution in [3.05, 3.63) is 101 Å². The molecule has 2 aliphatic rings. The molecule has 0 spiro atoms. The molecule has 2 amide bonds. The molecule has 18 heteroatoms. The fourth-order valence-corrected chi connectivity index (χ4v) is 8.27. The number of halogens is 9. The van der Waals surface area contributed by atoms with Gasteiger partial charge in [-0.3, -0.25) is 0 Å². The second-order valence-corrected chi connectivity index (χ2v) is 14.0. The van der Waals surface area contributed by atoms with Crippen molar-refractivity contribution in [2.24, 2.45) is 0 Å². The number of hydrogen-bond donors (Lipinski definition) is 1. The van der Waals surface area contributed by atoms with Gasteiger partial charge in [-0.05, 0) is 48.4 Å². The summed E-state index contributed by atoms with van der Waals surface area (Å²) in [7, 11) is -4.65. The average molecular weight is 741 g/mol. The van der Waals surface area contributed by atoms with E-state index in [-0.39, 0.29) is 38.2 Å². The first-order valence-electron chi connectivity index (χ1n) is 15.0. The van der Waals surface area contributed by atoms with Crippen LogP contribution in [0.1, 0.15) is 23.1 Å². The number of aliphatic hydroxyl groups excluding tert-OH is 1. The van der Waals surface area contributed by atoms with Crippen LogP contribution in [-0.4, -0.2) is 87.2 Å². The van der Waals surface area contributed by atoms with Gasteiger partial charge in [0.05, 0.1) is 37.4 Å². The molecule has 0 saturated carbocycles. The van der Waals surface area contributed by atoms with Gasteiger partial charge in [0.25, 0.3) is 5.60 Å². The van der Waals surface area contributed by atoms with Crippen molar-refractivity contribution < 1.29 is 67.3 Å². The van der Waals surface area contributed by atoms with Crippen LogP contribution in [-0.2, 0) is 36.3 Å². The van der Waals surface area contributed by atoms with Crippen LogP contribution in [0.5, 0.6) is 0 Å². The maximum atomic E-state index is 14.5. The Kier molecular flexibility index (Phi) is 10.2. The van der Waals surface area contributed by atoms with Crippen molar-refractivity contribution >= 4 is 15.9 Å². The van der Waals surface area contributed by atoms with Gasteiger partial charge in [-0.1, -0.05) is 30.3 Å². The van der Waals surface area contributed by atoms with Crippen LogP contribution in [0.3, 0.4) is 0 Å². The van der Waals surface area contributed by atoms with Crippen molar-refractivity contribution in [2.75, 3.05) is 39.4 Å². The Morgan fingerprint density at radius 2 is 1.48 bits per heavy atom.